The average Bonchev–Trinajstić information content (AvgIpc) is 3.53. The van der Waals surface area contributed by atoms with Crippen molar-refractivity contribution in [3.63, 3.8) is 0 Å². The molecular weight excluding hydrogens is 506 g/mol. The monoisotopic (exact) mass is 547 g/mol. The van der Waals surface area contributed by atoms with E-state index in [1.807, 2.05) is 6.07 Å². The van der Waals surface area contributed by atoms with Crippen molar-refractivity contribution in [2.75, 3.05) is 19.6 Å². The normalized spacial score (nSPS) is 30.0. The van der Waals surface area contributed by atoms with E-state index < -0.39 is 0 Å². The van der Waals surface area contributed by atoms with Gasteiger partial charge < -0.3 is 10.6 Å². The quantitative estimate of drug-likeness (QED) is 0.454. The highest BCUT2D eigenvalue weighted by molar-refractivity contribution is 6.09. The molecule has 4 fully saturated rings. The average molecular weight is 548 g/mol. The zero-order chi connectivity index (χ0) is 27.4. The summed E-state index contributed by atoms with van der Waals surface area (Å²) in [6, 6.07) is 19.7. The van der Waals surface area contributed by atoms with E-state index >= 15 is 0 Å². The number of nitrogens with one attached hydrogen (secondary N) is 2. The molecule has 2 N–H and O–H groups in total. The zero-order valence-electron chi connectivity index (χ0n) is 23.9. The number of rotatable bonds is 8. The van der Waals surface area contributed by atoms with Gasteiger partial charge in [-0.2, -0.15) is 4.99 Å². The number of carbonyl (C=O) groups excluding carboxylic acids is 1. The number of benzene rings is 2. The Bertz CT molecular complexity index is 1380. The van der Waals surface area contributed by atoms with Gasteiger partial charge in [0.05, 0.1) is 6.54 Å². The fourth-order valence-electron chi connectivity index (χ4n) is 9.22. The van der Waals surface area contributed by atoms with E-state index in [-0.39, 0.29) is 11.2 Å². The van der Waals surface area contributed by atoms with Gasteiger partial charge in [0.25, 0.3) is 0 Å². The first-order chi connectivity index (χ1) is 20.1. The minimum absolute atomic E-state index is 0.0866. The molecule has 0 atom stereocenters. The molecule has 0 unspecified atom stereocenters. The van der Waals surface area contributed by atoms with E-state index in [2.05, 4.69) is 64.1 Å². The molecule has 212 valence electrons. The second-order valence-corrected chi connectivity index (χ2v) is 13.7. The van der Waals surface area contributed by atoms with E-state index in [9.17, 15) is 4.79 Å². The largest absolute Gasteiger partial charge is 0.355 e. The molecule has 0 spiro atoms. The molecule has 7 aliphatic rings. The van der Waals surface area contributed by atoms with E-state index in [1.54, 1.807) is 0 Å². The Labute approximate surface area is 243 Å². The summed E-state index contributed by atoms with van der Waals surface area (Å²) in [5.41, 5.74) is 5.06. The zero-order valence-corrected chi connectivity index (χ0v) is 23.9. The van der Waals surface area contributed by atoms with Crippen LogP contribution in [0.4, 0.5) is 0 Å². The van der Waals surface area contributed by atoms with Crippen molar-refractivity contribution in [3.05, 3.63) is 82.7 Å². The van der Waals surface area contributed by atoms with Crippen LogP contribution in [0.1, 0.15) is 61.6 Å². The summed E-state index contributed by atoms with van der Waals surface area (Å²) in [5, 5.41) is 7.44. The molecule has 0 saturated heterocycles. The van der Waals surface area contributed by atoms with Crippen molar-refractivity contribution in [1.82, 2.24) is 15.5 Å². The van der Waals surface area contributed by atoms with Crippen LogP contribution in [0, 0.1) is 23.2 Å². The predicted molar refractivity (Wildman–Crippen MR) is 163 cm³/mol. The first-order valence-electron chi connectivity index (χ1n) is 15.9. The summed E-state index contributed by atoms with van der Waals surface area (Å²) in [6.45, 7) is 2.13. The van der Waals surface area contributed by atoms with Gasteiger partial charge in [-0.15, -0.1) is 0 Å². The number of hydrogen-bond acceptors (Lipinski definition) is 6. The lowest BCUT2D eigenvalue weighted by atomic mass is 9.49. The number of carbonyl (C=O) groups is 1. The fourth-order valence-corrected chi connectivity index (χ4v) is 9.22. The Kier molecular flexibility index (Phi) is 6.35. The molecule has 0 radical (unpaired) electrons. The number of nitrogens with zero attached hydrogens (tertiary/aromatic N) is 3. The molecule has 0 aromatic heterocycles. The highest BCUT2D eigenvalue weighted by Gasteiger charge is 2.54. The second-order valence-electron chi connectivity index (χ2n) is 13.7. The van der Waals surface area contributed by atoms with Gasteiger partial charge in [0.15, 0.2) is 5.78 Å². The van der Waals surface area contributed by atoms with Gasteiger partial charge in [-0.25, -0.2) is 4.99 Å². The lowest BCUT2D eigenvalue weighted by molar-refractivity contribution is -0.114. The van der Waals surface area contributed by atoms with Gasteiger partial charge in [0.1, 0.15) is 11.7 Å². The maximum Gasteiger partial charge on any atom is 0.206 e. The van der Waals surface area contributed by atoms with Crippen molar-refractivity contribution in [3.8, 4) is 0 Å². The van der Waals surface area contributed by atoms with Crippen LogP contribution in [0.3, 0.4) is 0 Å². The lowest BCUT2D eigenvalue weighted by Crippen LogP contribution is -2.52. The molecule has 41 heavy (non-hydrogen) atoms. The minimum atomic E-state index is 0.0866. The van der Waals surface area contributed by atoms with Gasteiger partial charge >= 0.3 is 0 Å². The topological polar surface area (TPSA) is 69.1 Å². The fraction of sp³-hybridized carbons (Fsp3) is 0.514. The number of fused-ring (bicyclic) bond motifs is 2. The molecule has 2 heterocycles. The molecular formula is C35H41N5O. The number of guanidine groups is 1. The summed E-state index contributed by atoms with van der Waals surface area (Å²) in [6.07, 6.45) is 11.7. The molecule has 6 nitrogen and oxygen atoms in total. The Morgan fingerprint density at radius 3 is 2.17 bits per heavy atom. The van der Waals surface area contributed by atoms with Crippen molar-refractivity contribution in [2.45, 2.75) is 70.3 Å². The van der Waals surface area contributed by atoms with Crippen LogP contribution >= 0.6 is 0 Å². The maximum atomic E-state index is 13.4. The number of hydrogen-bond donors (Lipinski definition) is 2. The summed E-state index contributed by atoms with van der Waals surface area (Å²) >= 11 is 0. The summed E-state index contributed by atoms with van der Waals surface area (Å²) < 4.78 is 0. The van der Waals surface area contributed by atoms with Crippen LogP contribution in [-0.2, 0) is 24.1 Å². The van der Waals surface area contributed by atoms with Crippen LogP contribution in [0.25, 0.3) is 0 Å². The van der Waals surface area contributed by atoms with Gasteiger partial charge in [-0.3, -0.25) is 9.69 Å². The number of ketones is 1. The molecule has 2 aliphatic heterocycles. The van der Waals surface area contributed by atoms with E-state index in [4.69, 9.17) is 9.98 Å². The third-order valence-electron chi connectivity index (χ3n) is 10.7. The maximum absolute atomic E-state index is 13.4. The third kappa shape index (κ3) is 4.74. The minimum Gasteiger partial charge on any atom is -0.355 e. The van der Waals surface area contributed by atoms with Crippen molar-refractivity contribution in [2.24, 2.45) is 33.2 Å². The van der Waals surface area contributed by atoms with Crippen molar-refractivity contribution >= 4 is 17.6 Å². The highest BCUT2D eigenvalue weighted by Crippen LogP contribution is 2.61. The SMILES string of the molecule is O=C1CN2C(NCCCNC3Cc4ccccc4C3)=NC(C34CC5CC(CC(C5)C3)C4)=NC2=C1Cc1ccccc1. The highest BCUT2D eigenvalue weighted by atomic mass is 16.1. The summed E-state index contributed by atoms with van der Waals surface area (Å²) in [5.74, 6) is 5.34. The number of amidine groups is 1. The van der Waals surface area contributed by atoms with Gasteiger partial charge in [0, 0.05) is 30.0 Å². The summed E-state index contributed by atoms with van der Waals surface area (Å²) in [7, 11) is 0. The Morgan fingerprint density at radius 1 is 0.829 bits per heavy atom. The first-order valence-corrected chi connectivity index (χ1v) is 15.9. The molecule has 2 aromatic rings. The lowest BCUT2D eigenvalue weighted by Gasteiger charge is -2.56. The van der Waals surface area contributed by atoms with Crippen molar-refractivity contribution < 1.29 is 4.79 Å². The summed E-state index contributed by atoms with van der Waals surface area (Å²) in [4.78, 5) is 26.0. The molecule has 4 bridgehead atoms. The third-order valence-corrected chi connectivity index (χ3v) is 10.7. The van der Waals surface area contributed by atoms with Gasteiger partial charge in [-0.05, 0) is 98.8 Å². The second kappa shape index (κ2) is 10.2. The van der Waals surface area contributed by atoms with Crippen LogP contribution in [0.5, 0.6) is 0 Å². The van der Waals surface area contributed by atoms with Crippen molar-refractivity contribution in [1.29, 1.82) is 0 Å². The molecule has 6 heteroatoms. The molecule has 9 rings (SSSR count). The number of Topliss-reactive ketones (excluding diaryl/α,β-unsaturated/α-hetero) is 1. The van der Waals surface area contributed by atoms with Crippen LogP contribution < -0.4 is 10.6 Å². The van der Waals surface area contributed by atoms with Crippen LogP contribution in [-0.4, -0.2) is 48.2 Å². The van der Waals surface area contributed by atoms with E-state index in [0.29, 0.717) is 19.0 Å². The molecule has 0 amide bonds. The molecule has 5 aliphatic carbocycles. The first kappa shape index (κ1) is 25.5. The van der Waals surface area contributed by atoms with Gasteiger partial charge in [-0.1, -0.05) is 54.6 Å². The Morgan fingerprint density at radius 2 is 1.49 bits per heavy atom. The Hall–Kier alpha value is -3.25. The van der Waals surface area contributed by atoms with Crippen LogP contribution in [0.15, 0.2) is 76.0 Å². The standard InChI is InChI=1S/C35H41N5O/c41-31-22-40-32(30(31)16-23-7-2-1-3-8-23)38-33(35-19-24-13-25(20-35)15-26(14-24)21-35)39-34(40)37-12-6-11-36-29-17-27-9-4-5-10-28(27)18-29/h1-5,7-10,24-26,29,36H,6,11-22H2,(H,37,38,39). The predicted octanol–water partition coefficient (Wildman–Crippen LogP) is 5.05. The number of aliphatic imine (C=N–C) groups is 2. The Balaban J connectivity index is 1.01. The molecule has 2 aromatic carbocycles. The molecule has 4 saturated carbocycles. The van der Waals surface area contributed by atoms with E-state index in [0.717, 1.165) is 78.9 Å². The smallest absolute Gasteiger partial charge is 0.206 e. The van der Waals surface area contributed by atoms with E-state index in [1.165, 1.54) is 49.7 Å². The van der Waals surface area contributed by atoms with Crippen LogP contribution in [0.2, 0.25) is 0 Å². The van der Waals surface area contributed by atoms with Gasteiger partial charge in [0.2, 0.25) is 5.96 Å².